The summed E-state index contributed by atoms with van der Waals surface area (Å²) in [7, 11) is -4.05. The molecule has 8 nitrogen and oxygen atoms in total. The van der Waals surface area contributed by atoms with Gasteiger partial charge in [0.05, 0.1) is 11.5 Å². The summed E-state index contributed by atoms with van der Waals surface area (Å²) < 4.78 is 26.2. The Morgan fingerprint density at radius 3 is 2.80 bits per heavy atom. The number of hydrogen-bond acceptors (Lipinski definition) is 6. The number of benzene rings is 1. The summed E-state index contributed by atoms with van der Waals surface area (Å²) in [5, 5.41) is 20.2. The van der Waals surface area contributed by atoms with Gasteiger partial charge in [0, 0.05) is 24.3 Å². The molecule has 0 aliphatic carbocycles. The summed E-state index contributed by atoms with van der Waals surface area (Å²) in [5.41, 5.74) is 5.16. The molecule has 1 aromatic rings. The Hall–Kier alpha value is -1.71. The molecule has 0 radical (unpaired) electrons. The number of rotatable bonds is 4. The van der Waals surface area contributed by atoms with E-state index >= 15 is 0 Å². The second-order valence-electron chi connectivity index (χ2n) is 4.58. The van der Waals surface area contributed by atoms with Crippen molar-refractivity contribution in [1.82, 2.24) is 4.31 Å². The van der Waals surface area contributed by atoms with Gasteiger partial charge >= 0.3 is 0 Å². The fourth-order valence-corrected chi connectivity index (χ4v) is 4.20. The zero-order valence-corrected chi connectivity index (χ0v) is 11.4. The third kappa shape index (κ3) is 2.47. The van der Waals surface area contributed by atoms with E-state index in [-0.39, 0.29) is 18.8 Å². The van der Waals surface area contributed by atoms with Crippen molar-refractivity contribution in [2.75, 3.05) is 18.9 Å². The number of nitrogen functional groups attached to an aromatic ring is 1. The number of aliphatic hydroxyl groups excluding tert-OH is 1. The molecule has 0 bridgehead atoms. The van der Waals surface area contributed by atoms with Gasteiger partial charge in [-0.3, -0.25) is 10.1 Å². The highest BCUT2D eigenvalue weighted by molar-refractivity contribution is 7.89. The minimum Gasteiger partial charge on any atom is -0.399 e. The molecule has 110 valence electrons. The second-order valence-corrected chi connectivity index (χ2v) is 6.44. The predicted octanol–water partition coefficient (Wildman–Crippen LogP) is 0.322. The number of nitrogens with two attached hydrogens (primary N) is 1. The molecule has 20 heavy (non-hydrogen) atoms. The molecular weight excluding hydrogens is 286 g/mol. The van der Waals surface area contributed by atoms with Crippen molar-refractivity contribution >= 4 is 21.4 Å². The number of sulfonamides is 1. The smallest absolute Gasteiger partial charge is 0.289 e. The van der Waals surface area contributed by atoms with Gasteiger partial charge in [0.1, 0.15) is 0 Å². The van der Waals surface area contributed by atoms with Crippen molar-refractivity contribution in [1.29, 1.82) is 0 Å². The van der Waals surface area contributed by atoms with E-state index in [2.05, 4.69) is 0 Å². The lowest BCUT2D eigenvalue weighted by Crippen LogP contribution is -2.37. The highest BCUT2D eigenvalue weighted by Crippen LogP contribution is 2.32. The first kappa shape index (κ1) is 14.7. The van der Waals surface area contributed by atoms with E-state index in [0.717, 1.165) is 16.4 Å². The quantitative estimate of drug-likeness (QED) is 0.468. The van der Waals surface area contributed by atoms with Crippen LogP contribution in [0.5, 0.6) is 0 Å². The molecular formula is C11H15N3O5S. The molecule has 2 rings (SSSR count). The van der Waals surface area contributed by atoms with E-state index in [1.807, 2.05) is 0 Å². The van der Waals surface area contributed by atoms with Crippen molar-refractivity contribution in [2.45, 2.75) is 23.8 Å². The highest BCUT2D eigenvalue weighted by atomic mass is 32.2. The van der Waals surface area contributed by atoms with Crippen LogP contribution in [0.4, 0.5) is 11.4 Å². The van der Waals surface area contributed by atoms with Gasteiger partial charge in [-0.1, -0.05) is 0 Å². The van der Waals surface area contributed by atoms with Crippen LogP contribution in [-0.4, -0.2) is 41.9 Å². The summed E-state index contributed by atoms with van der Waals surface area (Å²) in [6, 6.07) is 2.90. The zero-order chi connectivity index (χ0) is 14.9. The maximum Gasteiger partial charge on any atom is 0.289 e. The van der Waals surface area contributed by atoms with Gasteiger partial charge in [-0.05, 0) is 25.0 Å². The molecule has 0 amide bonds. The van der Waals surface area contributed by atoms with Crippen LogP contribution in [0, 0.1) is 10.1 Å². The molecule has 3 N–H and O–H groups in total. The third-order valence-corrected chi connectivity index (χ3v) is 5.28. The molecule has 9 heteroatoms. The van der Waals surface area contributed by atoms with Crippen molar-refractivity contribution in [3.8, 4) is 0 Å². The van der Waals surface area contributed by atoms with Gasteiger partial charge in [-0.25, -0.2) is 8.42 Å². The number of nitro benzene ring substituents is 1. The SMILES string of the molecule is Nc1ccc([N+](=O)[O-])c(S(=O)(=O)N2CCCC2CO)c1. The molecule has 1 heterocycles. The largest absolute Gasteiger partial charge is 0.399 e. The van der Waals surface area contributed by atoms with Crippen molar-refractivity contribution < 1.29 is 18.4 Å². The van der Waals surface area contributed by atoms with E-state index < -0.39 is 31.6 Å². The summed E-state index contributed by atoms with van der Waals surface area (Å²) in [5.74, 6) is 0. The first-order valence-electron chi connectivity index (χ1n) is 6.04. The van der Waals surface area contributed by atoms with Crippen LogP contribution in [0.15, 0.2) is 23.1 Å². The number of nitrogens with zero attached hydrogens (tertiary/aromatic N) is 2. The molecule has 0 aromatic heterocycles. The van der Waals surface area contributed by atoms with Crippen molar-refractivity contribution in [3.05, 3.63) is 28.3 Å². The zero-order valence-electron chi connectivity index (χ0n) is 10.6. The standard InChI is InChI=1S/C11H15N3O5S/c12-8-3-4-10(14(16)17)11(6-8)20(18,19)13-5-1-2-9(13)7-15/h3-4,6,9,15H,1-2,5,7,12H2. The van der Waals surface area contributed by atoms with Crippen LogP contribution in [0.1, 0.15) is 12.8 Å². The van der Waals surface area contributed by atoms with Gasteiger partial charge in [0.25, 0.3) is 5.69 Å². The minimum atomic E-state index is -4.05. The van der Waals surface area contributed by atoms with E-state index in [9.17, 15) is 23.6 Å². The van der Waals surface area contributed by atoms with E-state index in [1.54, 1.807) is 0 Å². The molecule has 1 fully saturated rings. The lowest BCUT2D eigenvalue weighted by atomic mass is 10.2. The fourth-order valence-electron chi connectivity index (χ4n) is 2.32. The Morgan fingerprint density at radius 2 is 2.20 bits per heavy atom. The Morgan fingerprint density at radius 1 is 1.50 bits per heavy atom. The van der Waals surface area contributed by atoms with E-state index in [0.29, 0.717) is 12.8 Å². The van der Waals surface area contributed by atoms with Gasteiger partial charge in [-0.15, -0.1) is 0 Å². The first-order chi connectivity index (χ1) is 9.37. The van der Waals surface area contributed by atoms with E-state index in [4.69, 9.17) is 5.73 Å². The summed E-state index contributed by atoms with van der Waals surface area (Å²) in [4.78, 5) is 9.80. The molecule has 1 unspecified atom stereocenters. The predicted molar refractivity (Wildman–Crippen MR) is 71.5 cm³/mol. The van der Waals surface area contributed by atoms with Crippen LogP contribution in [0.25, 0.3) is 0 Å². The summed E-state index contributed by atoms with van der Waals surface area (Å²) in [6.07, 6.45) is 1.15. The maximum absolute atomic E-state index is 12.5. The fraction of sp³-hybridized carbons (Fsp3) is 0.455. The number of anilines is 1. The molecule has 1 saturated heterocycles. The van der Waals surface area contributed by atoms with Crippen LogP contribution in [0.3, 0.4) is 0 Å². The Labute approximate surface area is 116 Å². The Kier molecular flexibility index (Phi) is 3.93. The van der Waals surface area contributed by atoms with Crippen molar-refractivity contribution in [3.63, 3.8) is 0 Å². The number of hydrogen-bond donors (Lipinski definition) is 2. The van der Waals surface area contributed by atoms with Gasteiger partial charge in [0.2, 0.25) is 10.0 Å². The average Bonchev–Trinajstić information content (AvgIpc) is 2.87. The number of aliphatic hydroxyl groups is 1. The summed E-state index contributed by atoms with van der Waals surface area (Å²) in [6.45, 7) is -0.0745. The topological polar surface area (TPSA) is 127 Å². The molecule has 1 aliphatic heterocycles. The van der Waals surface area contributed by atoms with Crippen LogP contribution < -0.4 is 5.73 Å². The first-order valence-corrected chi connectivity index (χ1v) is 7.48. The van der Waals surface area contributed by atoms with Gasteiger partial charge < -0.3 is 10.8 Å². The number of nitro groups is 1. The van der Waals surface area contributed by atoms with E-state index in [1.165, 1.54) is 6.07 Å². The average molecular weight is 301 g/mol. The minimum absolute atomic E-state index is 0.133. The van der Waals surface area contributed by atoms with Gasteiger partial charge in [-0.2, -0.15) is 4.31 Å². The van der Waals surface area contributed by atoms with Crippen LogP contribution in [0.2, 0.25) is 0 Å². The third-order valence-electron chi connectivity index (χ3n) is 3.30. The molecule has 0 saturated carbocycles. The maximum atomic E-state index is 12.5. The van der Waals surface area contributed by atoms with Crippen LogP contribution in [-0.2, 0) is 10.0 Å². The molecule has 1 atom stereocenters. The molecule has 1 aromatic carbocycles. The molecule has 0 spiro atoms. The van der Waals surface area contributed by atoms with Crippen LogP contribution >= 0.6 is 0 Å². The van der Waals surface area contributed by atoms with Gasteiger partial charge in [0.15, 0.2) is 4.90 Å². The second kappa shape index (κ2) is 5.35. The molecule has 1 aliphatic rings. The monoisotopic (exact) mass is 301 g/mol. The lowest BCUT2D eigenvalue weighted by molar-refractivity contribution is -0.387. The highest BCUT2D eigenvalue weighted by Gasteiger charge is 2.38. The lowest BCUT2D eigenvalue weighted by Gasteiger charge is -2.22. The summed E-state index contributed by atoms with van der Waals surface area (Å²) >= 11 is 0. The Balaban J connectivity index is 2.54. The Bertz CT molecular complexity index is 631. The van der Waals surface area contributed by atoms with Crippen molar-refractivity contribution in [2.24, 2.45) is 0 Å². The normalized spacial score (nSPS) is 20.1.